The number of anilines is 1. The van der Waals surface area contributed by atoms with Crippen LogP contribution in [0, 0.1) is 12.7 Å². The molecule has 0 radical (unpaired) electrons. The van der Waals surface area contributed by atoms with Crippen LogP contribution in [0.2, 0.25) is 0 Å². The molecule has 1 aliphatic heterocycles. The van der Waals surface area contributed by atoms with E-state index in [4.69, 9.17) is 0 Å². The summed E-state index contributed by atoms with van der Waals surface area (Å²) in [6.45, 7) is 3.18. The monoisotopic (exact) mass is 431 g/mol. The maximum absolute atomic E-state index is 13.9. The van der Waals surface area contributed by atoms with E-state index in [1.54, 1.807) is 23.2 Å². The molecule has 2 amide bonds. The molecule has 1 saturated heterocycles. The molecular weight excluding hydrogens is 413 g/mol. The first-order valence-corrected chi connectivity index (χ1v) is 9.63. The van der Waals surface area contributed by atoms with Crippen LogP contribution in [-0.4, -0.2) is 38.6 Å². The summed E-state index contributed by atoms with van der Waals surface area (Å²) in [5.74, 6) is 0.475. The molecule has 0 saturated carbocycles. The smallest absolute Gasteiger partial charge is 0.321 e. The molecule has 1 aliphatic rings. The van der Waals surface area contributed by atoms with Crippen LogP contribution in [0.3, 0.4) is 0 Å². The van der Waals surface area contributed by atoms with Crippen LogP contribution in [0.25, 0.3) is 11.2 Å². The number of hydrogen-bond donors (Lipinski definition) is 1. The van der Waals surface area contributed by atoms with Crippen LogP contribution >= 0.6 is 15.9 Å². The van der Waals surface area contributed by atoms with Crippen molar-refractivity contribution in [3.63, 3.8) is 0 Å². The third kappa shape index (κ3) is 3.53. The van der Waals surface area contributed by atoms with Crippen molar-refractivity contribution in [2.45, 2.75) is 25.8 Å². The normalized spacial score (nSPS) is 15.3. The summed E-state index contributed by atoms with van der Waals surface area (Å²) in [6.07, 6.45) is 3.38. The topological polar surface area (TPSA) is 63.1 Å². The Balaban J connectivity index is 1.44. The second-order valence-electron chi connectivity index (χ2n) is 6.65. The predicted molar refractivity (Wildman–Crippen MR) is 105 cm³/mol. The maximum atomic E-state index is 13.9. The van der Waals surface area contributed by atoms with Gasteiger partial charge in [0.2, 0.25) is 0 Å². The average Bonchev–Trinajstić information content (AvgIpc) is 3.00. The Bertz CT molecular complexity index is 997. The maximum Gasteiger partial charge on any atom is 0.321 e. The van der Waals surface area contributed by atoms with Crippen LogP contribution in [0.1, 0.15) is 24.7 Å². The number of amides is 2. The minimum atomic E-state index is -0.459. The first-order chi connectivity index (χ1) is 13.0. The molecule has 1 fully saturated rings. The lowest BCUT2D eigenvalue weighted by Gasteiger charge is -2.33. The minimum absolute atomic E-state index is 0.186. The van der Waals surface area contributed by atoms with E-state index in [9.17, 15) is 9.18 Å². The lowest BCUT2D eigenvalue weighted by atomic mass is 10.0. The average molecular weight is 432 g/mol. The Morgan fingerprint density at radius 1 is 1.30 bits per heavy atom. The van der Waals surface area contributed by atoms with E-state index < -0.39 is 5.82 Å². The molecule has 0 bridgehead atoms. The van der Waals surface area contributed by atoms with Gasteiger partial charge in [0.1, 0.15) is 17.2 Å². The van der Waals surface area contributed by atoms with E-state index in [0.29, 0.717) is 17.6 Å². The van der Waals surface area contributed by atoms with Gasteiger partial charge in [-0.05, 0) is 50.1 Å². The largest absolute Gasteiger partial charge is 0.324 e. The number of carbonyl (C=O) groups excluding carboxylic acids is 1. The van der Waals surface area contributed by atoms with E-state index in [0.717, 1.165) is 29.8 Å². The van der Waals surface area contributed by atoms with E-state index in [1.807, 2.05) is 19.1 Å². The van der Waals surface area contributed by atoms with E-state index in [2.05, 4.69) is 35.8 Å². The molecule has 1 aromatic carbocycles. The zero-order chi connectivity index (χ0) is 19.0. The number of piperidine rings is 1. The molecule has 0 aliphatic carbocycles. The third-order valence-electron chi connectivity index (χ3n) is 4.91. The van der Waals surface area contributed by atoms with Crippen molar-refractivity contribution in [3.8, 4) is 0 Å². The van der Waals surface area contributed by atoms with Crippen LogP contribution in [0.15, 0.2) is 41.0 Å². The Morgan fingerprint density at radius 2 is 2.07 bits per heavy atom. The first kappa shape index (κ1) is 17.9. The number of rotatable bonds is 2. The second-order valence-corrected chi connectivity index (χ2v) is 7.56. The number of urea groups is 1. The summed E-state index contributed by atoms with van der Waals surface area (Å²) in [6, 6.07) is 8.40. The van der Waals surface area contributed by atoms with Crippen molar-refractivity contribution >= 4 is 38.8 Å². The number of imidazole rings is 1. The van der Waals surface area contributed by atoms with Gasteiger partial charge >= 0.3 is 6.03 Å². The molecule has 3 aromatic rings. The van der Waals surface area contributed by atoms with Crippen molar-refractivity contribution in [3.05, 3.63) is 52.6 Å². The van der Waals surface area contributed by atoms with Gasteiger partial charge in [-0.15, -0.1) is 0 Å². The summed E-state index contributed by atoms with van der Waals surface area (Å²) in [5, 5.41) is 2.66. The summed E-state index contributed by atoms with van der Waals surface area (Å²) in [7, 11) is 0. The van der Waals surface area contributed by atoms with Gasteiger partial charge in [0, 0.05) is 29.8 Å². The number of nitrogens with zero attached hydrogens (tertiary/aromatic N) is 4. The fraction of sp³-hybridized carbons (Fsp3) is 0.316. The van der Waals surface area contributed by atoms with Gasteiger partial charge < -0.3 is 14.8 Å². The fourth-order valence-corrected chi connectivity index (χ4v) is 3.93. The molecule has 0 unspecified atom stereocenters. The van der Waals surface area contributed by atoms with Gasteiger partial charge in [-0.1, -0.05) is 15.9 Å². The van der Waals surface area contributed by atoms with Gasteiger partial charge in [-0.25, -0.2) is 19.2 Å². The molecule has 8 heteroatoms. The molecule has 4 rings (SSSR count). The van der Waals surface area contributed by atoms with E-state index in [-0.39, 0.29) is 17.8 Å². The molecular formula is C19H19BrFN5O. The molecule has 6 nitrogen and oxygen atoms in total. The number of hydrogen-bond acceptors (Lipinski definition) is 3. The molecule has 0 atom stereocenters. The summed E-state index contributed by atoms with van der Waals surface area (Å²) in [5.41, 5.74) is 1.96. The molecule has 3 heterocycles. The Kier molecular flexibility index (Phi) is 4.82. The highest BCUT2D eigenvalue weighted by Crippen LogP contribution is 2.28. The molecule has 140 valence electrons. The number of aromatic nitrogens is 3. The lowest BCUT2D eigenvalue weighted by Crippen LogP contribution is -2.41. The van der Waals surface area contributed by atoms with Crippen molar-refractivity contribution in [2.24, 2.45) is 0 Å². The Labute approximate surface area is 164 Å². The molecule has 1 N–H and O–H groups in total. The number of aryl methyl sites for hydroxylation is 1. The number of benzene rings is 1. The van der Waals surface area contributed by atoms with Crippen molar-refractivity contribution in [1.82, 2.24) is 19.4 Å². The van der Waals surface area contributed by atoms with Gasteiger partial charge in [0.25, 0.3) is 0 Å². The lowest BCUT2D eigenvalue weighted by molar-refractivity contribution is 0.184. The second kappa shape index (κ2) is 7.26. The fourth-order valence-electron chi connectivity index (χ4n) is 3.59. The van der Waals surface area contributed by atoms with Gasteiger partial charge in [-0.2, -0.15) is 0 Å². The summed E-state index contributed by atoms with van der Waals surface area (Å²) >= 11 is 3.21. The highest BCUT2D eigenvalue weighted by Gasteiger charge is 2.26. The Morgan fingerprint density at radius 3 is 2.81 bits per heavy atom. The number of nitrogens with one attached hydrogen (secondary N) is 1. The Hall–Kier alpha value is -2.48. The van der Waals surface area contributed by atoms with Crippen molar-refractivity contribution < 1.29 is 9.18 Å². The predicted octanol–water partition coefficient (Wildman–Crippen LogP) is 4.51. The van der Waals surface area contributed by atoms with Crippen molar-refractivity contribution in [2.75, 3.05) is 18.4 Å². The van der Waals surface area contributed by atoms with Gasteiger partial charge in [-0.3, -0.25) is 0 Å². The van der Waals surface area contributed by atoms with Crippen LogP contribution in [-0.2, 0) is 0 Å². The zero-order valence-corrected chi connectivity index (χ0v) is 16.4. The molecule has 0 spiro atoms. The van der Waals surface area contributed by atoms with Crippen LogP contribution in [0.5, 0.6) is 0 Å². The van der Waals surface area contributed by atoms with Gasteiger partial charge in [0.05, 0.1) is 5.69 Å². The zero-order valence-electron chi connectivity index (χ0n) is 14.8. The highest BCUT2D eigenvalue weighted by molar-refractivity contribution is 9.10. The molecule has 2 aromatic heterocycles. The number of halogens is 2. The van der Waals surface area contributed by atoms with E-state index >= 15 is 0 Å². The number of carbonyl (C=O) groups is 1. The van der Waals surface area contributed by atoms with Crippen LogP contribution in [0.4, 0.5) is 14.9 Å². The third-order valence-corrected chi connectivity index (χ3v) is 5.41. The number of likely N-dealkylation sites (tertiary alicyclic amines) is 1. The molecule has 27 heavy (non-hydrogen) atoms. The van der Waals surface area contributed by atoms with E-state index in [1.165, 1.54) is 6.07 Å². The number of fused-ring (bicyclic) bond motifs is 1. The summed E-state index contributed by atoms with van der Waals surface area (Å²) < 4.78 is 16.7. The first-order valence-electron chi connectivity index (χ1n) is 8.83. The standard InChI is InChI=1S/C19H19BrFN5O/c1-12-23-17-3-2-8-22-18(17)26(12)14-6-9-25(10-7-14)19(27)24-16-5-4-13(20)11-15(16)21/h2-5,8,11,14H,6-7,9-10H2,1H3,(H,24,27). The van der Waals surface area contributed by atoms with Gasteiger partial charge in [0.15, 0.2) is 5.65 Å². The number of pyridine rings is 1. The highest BCUT2D eigenvalue weighted by atomic mass is 79.9. The quantitative estimate of drug-likeness (QED) is 0.648. The van der Waals surface area contributed by atoms with Crippen LogP contribution < -0.4 is 5.32 Å². The minimum Gasteiger partial charge on any atom is -0.324 e. The summed E-state index contributed by atoms with van der Waals surface area (Å²) in [4.78, 5) is 23.2. The van der Waals surface area contributed by atoms with Crippen molar-refractivity contribution in [1.29, 1.82) is 0 Å². The SMILES string of the molecule is Cc1nc2cccnc2n1C1CCN(C(=O)Nc2ccc(Br)cc2F)CC1.